The highest BCUT2D eigenvalue weighted by atomic mass is 19.3. The van der Waals surface area contributed by atoms with Gasteiger partial charge in [-0.25, -0.2) is 8.78 Å². The molecule has 0 atom stereocenters. The molecule has 0 saturated heterocycles. The van der Waals surface area contributed by atoms with Crippen molar-refractivity contribution in [2.75, 3.05) is 0 Å². The van der Waals surface area contributed by atoms with Crippen LogP contribution >= 0.6 is 0 Å². The summed E-state index contributed by atoms with van der Waals surface area (Å²) in [5, 5.41) is 17.9. The van der Waals surface area contributed by atoms with Crippen molar-refractivity contribution >= 4 is 5.97 Å². The number of carbonyl (C=O) groups is 1. The van der Waals surface area contributed by atoms with E-state index < -0.39 is 30.1 Å². The highest BCUT2D eigenvalue weighted by Gasteiger charge is 2.22. The zero-order valence-corrected chi connectivity index (χ0v) is 8.15. The maximum atomic E-state index is 12.7. The Kier molecular flexibility index (Phi) is 3.73. The summed E-state index contributed by atoms with van der Waals surface area (Å²) in [5.41, 5.74) is 4.18. The predicted molar refractivity (Wildman–Crippen MR) is 50.1 cm³/mol. The highest BCUT2D eigenvalue weighted by molar-refractivity contribution is 5.72. The van der Waals surface area contributed by atoms with Crippen LogP contribution in [0.3, 0.4) is 0 Å². The van der Waals surface area contributed by atoms with Gasteiger partial charge in [0.05, 0.1) is 18.3 Å². The van der Waals surface area contributed by atoms with Gasteiger partial charge in [0.1, 0.15) is 5.75 Å². The lowest BCUT2D eigenvalue weighted by molar-refractivity contribution is -0.136. The largest absolute Gasteiger partial charge is 0.506 e. The van der Waals surface area contributed by atoms with Gasteiger partial charge < -0.3 is 15.9 Å². The quantitative estimate of drug-likeness (QED) is 0.713. The zero-order valence-electron chi connectivity index (χ0n) is 8.15. The average molecular weight is 232 g/mol. The maximum absolute atomic E-state index is 12.7. The molecule has 0 bridgehead atoms. The van der Waals surface area contributed by atoms with E-state index >= 15 is 0 Å². The van der Waals surface area contributed by atoms with E-state index in [0.717, 1.165) is 6.20 Å². The first kappa shape index (κ1) is 12.3. The SMILES string of the molecule is NCc1ncc(O)c(CC(=O)O)c1C(F)F. The summed E-state index contributed by atoms with van der Waals surface area (Å²) in [6, 6.07) is 0. The fraction of sp³-hybridized carbons (Fsp3) is 0.333. The topological polar surface area (TPSA) is 96.4 Å². The minimum absolute atomic E-state index is 0.107. The summed E-state index contributed by atoms with van der Waals surface area (Å²) >= 11 is 0. The lowest BCUT2D eigenvalue weighted by Crippen LogP contribution is -2.11. The molecule has 0 saturated carbocycles. The highest BCUT2D eigenvalue weighted by Crippen LogP contribution is 2.31. The van der Waals surface area contributed by atoms with Crippen molar-refractivity contribution in [1.29, 1.82) is 0 Å². The number of nitrogens with two attached hydrogens (primary N) is 1. The number of hydrogen-bond donors (Lipinski definition) is 3. The summed E-state index contributed by atoms with van der Waals surface area (Å²) < 4.78 is 25.4. The molecule has 0 aliphatic rings. The van der Waals surface area contributed by atoms with Crippen molar-refractivity contribution in [1.82, 2.24) is 4.98 Å². The molecule has 1 aromatic heterocycles. The number of aromatic hydroxyl groups is 1. The lowest BCUT2D eigenvalue weighted by Gasteiger charge is -2.12. The second-order valence-corrected chi connectivity index (χ2v) is 3.06. The number of halogens is 2. The van der Waals surface area contributed by atoms with Gasteiger partial charge in [0, 0.05) is 17.7 Å². The smallest absolute Gasteiger partial charge is 0.307 e. The molecule has 1 rings (SSSR count). The fourth-order valence-corrected chi connectivity index (χ4v) is 1.36. The van der Waals surface area contributed by atoms with Crippen LogP contribution in [0.25, 0.3) is 0 Å². The van der Waals surface area contributed by atoms with E-state index in [0.29, 0.717) is 0 Å². The van der Waals surface area contributed by atoms with E-state index in [-0.39, 0.29) is 17.8 Å². The van der Waals surface area contributed by atoms with Gasteiger partial charge in [0.25, 0.3) is 6.43 Å². The van der Waals surface area contributed by atoms with Crippen molar-refractivity contribution < 1.29 is 23.8 Å². The van der Waals surface area contributed by atoms with E-state index in [4.69, 9.17) is 10.8 Å². The third-order valence-corrected chi connectivity index (χ3v) is 2.03. The first-order valence-corrected chi connectivity index (χ1v) is 4.37. The molecule has 1 heterocycles. The van der Waals surface area contributed by atoms with Gasteiger partial charge in [-0.3, -0.25) is 9.78 Å². The number of hydrogen-bond acceptors (Lipinski definition) is 4. The molecule has 0 spiro atoms. The van der Waals surface area contributed by atoms with Crippen LogP contribution in [0.15, 0.2) is 6.20 Å². The van der Waals surface area contributed by atoms with Crippen LogP contribution in [0, 0.1) is 0 Å². The summed E-state index contributed by atoms with van der Waals surface area (Å²) in [5.74, 6) is -1.87. The average Bonchev–Trinajstić information content (AvgIpc) is 2.19. The molecular formula is C9H10F2N2O3. The Morgan fingerprint density at radius 1 is 1.56 bits per heavy atom. The first-order valence-electron chi connectivity index (χ1n) is 4.37. The normalized spacial score (nSPS) is 10.8. The molecule has 0 amide bonds. The number of carboxylic acids is 1. The number of rotatable bonds is 4. The van der Waals surface area contributed by atoms with Crippen molar-refractivity contribution in [3.05, 3.63) is 23.0 Å². The van der Waals surface area contributed by atoms with Crippen LogP contribution in [0.4, 0.5) is 8.78 Å². The Hall–Kier alpha value is -1.76. The molecule has 16 heavy (non-hydrogen) atoms. The molecule has 0 unspecified atom stereocenters. The molecule has 0 aliphatic carbocycles. The van der Waals surface area contributed by atoms with Gasteiger partial charge in [-0.15, -0.1) is 0 Å². The lowest BCUT2D eigenvalue weighted by atomic mass is 10.0. The molecule has 5 nitrogen and oxygen atoms in total. The first-order chi connectivity index (χ1) is 7.47. The molecule has 0 fully saturated rings. The van der Waals surface area contributed by atoms with Crippen molar-refractivity contribution in [2.45, 2.75) is 19.4 Å². The van der Waals surface area contributed by atoms with Crippen LogP contribution in [0.2, 0.25) is 0 Å². The van der Waals surface area contributed by atoms with Gasteiger partial charge in [0.15, 0.2) is 0 Å². The minimum Gasteiger partial charge on any atom is -0.506 e. The molecule has 0 aromatic carbocycles. The molecule has 1 aromatic rings. The number of alkyl halides is 2. The van der Waals surface area contributed by atoms with Crippen LogP contribution in [-0.2, 0) is 17.8 Å². The Balaban J connectivity index is 3.35. The second kappa shape index (κ2) is 4.84. The van der Waals surface area contributed by atoms with Gasteiger partial charge >= 0.3 is 5.97 Å². The third kappa shape index (κ3) is 2.43. The maximum Gasteiger partial charge on any atom is 0.307 e. The van der Waals surface area contributed by atoms with Crippen molar-refractivity contribution in [2.24, 2.45) is 5.73 Å². The third-order valence-electron chi connectivity index (χ3n) is 2.03. The van der Waals surface area contributed by atoms with E-state index in [1.165, 1.54) is 0 Å². The van der Waals surface area contributed by atoms with E-state index in [1.54, 1.807) is 0 Å². The van der Waals surface area contributed by atoms with Crippen LogP contribution in [0.5, 0.6) is 5.75 Å². The summed E-state index contributed by atoms with van der Waals surface area (Å²) in [6.07, 6.45) is -2.69. The zero-order chi connectivity index (χ0) is 12.3. The van der Waals surface area contributed by atoms with Gasteiger partial charge in [0.2, 0.25) is 0 Å². The number of nitrogens with zero attached hydrogens (tertiary/aromatic N) is 1. The summed E-state index contributed by atoms with van der Waals surface area (Å²) in [7, 11) is 0. The van der Waals surface area contributed by atoms with E-state index in [1.807, 2.05) is 0 Å². The van der Waals surface area contributed by atoms with E-state index in [2.05, 4.69) is 4.98 Å². The minimum atomic E-state index is -2.92. The number of aliphatic carboxylic acids is 1. The molecule has 7 heteroatoms. The molecule has 0 aliphatic heterocycles. The van der Waals surface area contributed by atoms with Gasteiger partial charge in [-0.2, -0.15) is 0 Å². The van der Waals surface area contributed by atoms with Crippen LogP contribution in [-0.4, -0.2) is 21.2 Å². The summed E-state index contributed by atoms with van der Waals surface area (Å²) in [4.78, 5) is 14.0. The number of pyridine rings is 1. The van der Waals surface area contributed by atoms with Crippen molar-refractivity contribution in [3.8, 4) is 5.75 Å². The standard InChI is InChI=1S/C9H10F2N2O3/c10-9(11)8-4(1-7(15)16)6(14)3-13-5(8)2-12/h3,9,14H,1-2,12H2,(H,15,16). The Morgan fingerprint density at radius 3 is 2.62 bits per heavy atom. The Morgan fingerprint density at radius 2 is 2.19 bits per heavy atom. The second-order valence-electron chi connectivity index (χ2n) is 3.06. The van der Waals surface area contributed by atoms with Gasteiger partial charge in [-0.1, -0.05) is 0 Å². The van der Waals surface area contributed by atoms with Crippen molar-refractivity contribution in [3.63, 3.8) is 0 Å². The van der Waals surface area contributed by atoms with E-state index in [9.17, 15) is 18.7 Å². The molecular weight excluding hydrogens is 222 g/mol. The predicted octanol–water partition coefficient (Wildman–Crippen LogP) is 0.811. The molecule has 0 radical (unpaired) electrons. The monoisotopic (exact) mass is 232 g/mol. The molecule has 4 N–H and O–H groups in total. The van der Waals surface area contributed by atoms with Gasteiger partial charge in [-0.05, 0) is 0 Å². The summed E-state index contributed by atoms with van der Waals surface area (Å²) in [6.45, 7) is -0.243. The van der Waals surface area contributed by atoms with Crippen LogP contribution in [0.1, 0.15) is 23.2 Å². The Labute approximate surface area is 89.5 Å². The fourth-order valence-electron chi connectivity index (χ4n) is 1.36. The molecule has 88 valence electrons. The number of carboxylic acid groups (broad SMARTS) is 1. The Bertz CT molecular complexity index is 410. The van der Waals surface area contributed by atoms with Crippen LogP contribution < -0.4 is 5.73 Å². The number of aromatic nitrogens is 1.